The van der Waals surface area contributed by atoms with Gasteiger partial charge >= 0.3 is 0 Å². The number of likely N-dealkylation sites (tertiary alicyclic amines) is 1. The minimum atomic E-state index is 0.267. The van der Waals surface area contributed by atoms with Crippen LogP contribution in [-0.4, -0.2) is 42.4 Å². The third kappa shape index (κ3) is 4.50. The van der Waals surface area contributed by atoms with Crippen molar-refractivity contribution in [2.45, 2.75) is 45.6 Å². The van der Waals surface area contributed by atoms with Gasteiger partial charge in [0.15, 0.2) is 0 Å². The molecule has 1 aromatic carbocycles. The summed E-state index contributed by atoms with van der Waals surface area (Å²) in [7, 11) is 0. The van der Waals surface area contributed by atoms with Crippen molar-refractivity contribution < 1.29 is 9.84 Å². The molecule has 0 saturated carbocycles. The normalized spacial score (nSPS) is 20.6. The van der Waals surface area contributed by atoms with Crippen LogP contribution >= 0.6 is 0 Å². The van der Waals surface area contributed by atoms with Crippen molar-refractivity contribution in [1.82, 2.24) is 4.90 Å². The second kappa shape index (κ2) is 7.65. The molecule has 2 rings (SSSR count). The number of rotatable bonds is 5. The summed E-state index contributed by atoms with van der Waals surface area (Å²) >= 11 is 0. The zero-order valence-corrected chi connectivity index (χ0v) is 12.8. The monoisotopic (exact) mass is 277 g/mol. The highest BCUT2D eigenvalue weighted by Crippen LogP contribution is 2.18. The van der Waals surface area contributed by atoms with E-state index in [-0.39, 0.29) is 6.61 Å². The van der Waals surface area contributed by atoms with Crippen molar-refractivity contribution in [3.63, 3.8) is 0 Å². The lowest BCUT2D eigenvalue weighted by atomic mass is 10.1. The summed E-state index contributed by atoms with van der Waals surface area (Å²) in [5, 5.41) is 9.49. The van der Waals surface area contributed by atoms with Gasteiger partial charge in [-0.3, -0.25) is 4.90 Å². The molecular weight excluding hydrogens is 250 g/mol. The molecule has 1 saturated heterocycles. The smallest absolute Gasteiger partial charge is 0.119 e. The Morgan fingerprint density at radius 3 is 2.60 bits per heavy atom. The molecule has 0 spiro atoms. The zero-order chi connectivity index (χ0) is 14.4. The average molecular weight is 277 g/mol. The van der Waals surface area contributed by atoms with Gasteiger partial charge in [0.25, 0.3) is 0 Å². The van der Waals surface area contributed by atoms with E-state index < -0.39 is 0 Å². The van der Waals surface area contributed by atoms with Gasteiger partial charge < -0.3 is 9.84 Å². The van der Waals surface area contributed by atoms with Crippen LogP contribution in [0.3, 0.4) is 0 Å². The van der Waals surface area contributed by atoms with Gasteiger partial charge in [-0.25, -0.2) is 0 Å². The Hall–Kier alpha value is -1.06. The molecule has 0 bridgehead atoms. The number of hydrogen-bond acceptors (Lipinski definition) is 3. The van der Waals surface area contributed by atoms with Gasteiger partial charge in [0, 0.05) is 12.6 Å². The lowest BCUT2D eigenvalue weighted by Gasteiger charge is -2.28. The van der Waals surface area contributed by atoms with E-state index in [2.05, 4.69) is 36.9 Å². The van der Waals surface area contributed by atoms with Crippen LogP contribution in [0.5, 0.6) is 5.75 Å². The number of nitrogens with zero attached hydrogens (tertiary/aromatic N) is 1. The minimum absolute atomic E-state index is 0.267. The van der Waals surface area contributed by atoms with Gasteiger partial charge in [-0.15, -0.1) is 0 Å². The van der Waals surface area contributed by atoms with Gasteiger partial charge in [-0.2, -0.15) is 0 Å². The maximum absolute atomic E-state index is 9.49. The van der Waals surface area contributed by atoms with E-state index in [1.54, 1.807) is 0 Å². The SMILES string of the molecule is Cc1cc(C)cc(OCCN2CCCCCC2CO)c1. The first-order chi connectivity index (χ1) is 9.69. The number of hydrogen-bond donors (Lipinski definition) is 1. The molecular formula is C17H27NO2. The van der Waals surface area contributed by atoms with Crippen LogP contribution in [0.2, 0.25) is 0 Å². The molecule has 1 atom stereocenters. The van der Waals surface area contributed by atoms with Crippen molar-refractivity contribution in [2.75, 3.05) is 26.3 Å². The maximum atomic E-state index is 9.49. The summed E-state index contributed by atoms with van der Waals surface area (Å²) in [5.41, 5.74) is 2.48. The predicted octanol–water partition coefficient (Wildman–Crippen LogP) is 2.92. The Kier molecular flexibility index (Phi) is 5.86. The number of benzene rings is 1. The van der Waals surface area contributed by atoms with Gasteiger partial charge in [-0.05, 0) is 56.5 Å². The topological polar surface area (TPSA) is 32.7 Å². The lowest BCUT2D eigenvalue weighted by Crippen LogP contribution is -2.40. The Morgan fingerprint density at radius 1 is 1.15 bits per heavy atom. The average Bonchev–Trinajstić information content (AvgIpc) is 2.62. The number of aliphatic hydroxyl groups excluding tert-OH is 1. The molecule has 1 aliphatic rings. The van der Waals surface area contributed by atoms with Crippen molar-refractivity contribution in [3.05, 3.63) is 29.3 Å². The quantitative estimate of drug-likeness (QED) is 0.898. The molecule has 3 heteroatoms. The molecule has 0 aromatic heterocycles. The van der Waals surface area contributed by atoms with Crippen LogP contribution in [0.15, 0.2) is 18.2 Å². The lowest BCUT2D eigenvalue weighted by molar-refractivity contribution is 0.108. The molecule has 3 nitrogen and oxygen atoms in total. The number of ether oxygens (including phenoxy) is 1. The van der Waals surface area contributed by atoms with Gasteiger partial charge in [-0.1, -0.05) is 18.9 Å². The van der Waals surface area contributed by atoms with Crippen molar-refractivity contribution in [3.8, 4) is 5.75 Å². The van der Waals surface area contributed by atoms with Crippen LogP contribution in [0, 0.1) is 13.8 Å². The Morgan fingerprint density at radius 2 is 1.90 bits per heavy atom. The molecule has 1 heterocycles. The molecule has 1 aromatic rings. The first-order valence-electron chi connectivity index (χ1n) is 7.75. The minimum Gasteiger partial charge on any atom is -0.492 e. The number of aryl methyl sites for hydroxylation is 2. The summed E-state index contributed by atoms with van der Waals surface area (Å²) in [4.78, 5) is 2.38. The Balaban J connectivity index is 1.84. The van der Waals surface area contributed by atoms with E-state index >= 15 is 0 Å². The Bertz CT molecular complexity index is 399. The second-order valence-electron chi connectivity index (χ2n) is 5.89. The first-order valence-corrected chi connectivity index (χ1v) is 7.75. The van der Waals surface area contributed by atoms with Crippen LogP contribution < -0.4 is 4.74 Å². The zero-order valence-electron chi connectivity index (χ0n) is 12.8. The maximum Gasteiger partial charge on any atom is 0.119 e. The van der Waals surface area contributed by atoms with Crippen molar-refractivity contribution in [1.29, 1.82) is 0 Å². The highest BCUT2D eigenvalue weighted by atomic mass is 16.5. The fraction of sp³-hybridized carbons (Fsp3) is 0.647. The van der Waals surface area contributed by atoms with Crippen LogP contribution in [0.25, 0.3) is 0 Å². The molecule has 1 unspecified atom stereocenters. The molecule has 112 valence electrons. The molecule has 1 fully saturated rings. The van der Waals surface area contributed by atoms with E-state index in [9.17, 15) is 5.11 Å². The summed E-state index contributed by atoms with van der Waals surface area (Å²) < 4.78 is 5.88. The molecule has 0 amide bonds. The van der Waals surface area contributed by atoms with Gasteiger partial charge in [0.2, 0.25) is 0 Å². The molecule has 1 aliphatic heterocycles. The van der Waals surface area contributed by atoms with E-state index in [4.69, 9.17) is 4.74 Å². The van der Waals surface area contributed by atoms with Gasteiger partial charge in [0.1, 0.15) is 12.4 Å². The fourth-order valence-corrected chi connectivity index (χ4v) is 3.03. The van der Waals surface area contributed by atoms with E-state index in [1.807, 2.05) is 0 Å². The first kappa shape index (κ1) is 15.3. The van der Waals surface area contributed by atoms with E-state index in [0.29, 0.717) is 12.6 Å². The fourth-order valence-electron chi connectivity index (χ4n) is 3.03. The largest absolute Gasteiger partial charge is 0.492 e. The number of aliphatic hydroxyl groups is 1. The predicted molar refractivity (Wildman–Crippen MR) is 82.3 cm³/mol. The third-order valence-electron chi connectivity index (χ3n) is 4.05. The molecule has 1 N–H and O–H groups in total. The van der Waals surface area contributed by atoms with Crippen molar-refractivity contribution >= 4 is 0 Å². The standard InChI is InChI=1S/C17H27NO2/c1-14-10-15(2)12-17(11-14)20-9-8-18-7-5-3-4-6-16(18)13-19/h10-12,16,19H,3-9,13H2,1-2H3. The Labute approximate surface area is 122 Å². The molecule has 0 aliphatic carbocycles. The van der Waals surface area contributed by atoms with Crippen molar-refractivity contribution in [2.24, 2.45) is 0 Å². The summed E-state index contributed by atoms with van der Waals surface area (Å²) in [5.74, 6) is 0.956. The summed E-state index contributed by atoms with van der Waals surface area (Å²) in [6.07, 6.45) is 4.87. The molecule has 20 heavy (non-hydrogen) atoms. The molecule has 0 radical (unpaired) electrons. The highest BCUT2D eigenvalue weighted by molar-refractivity contribution is 5.32. The van der Waals surface area contributed by atoms with Gasteiger partial charge in [0.05, 0.1) is 6.61 Å². The highest BCUT2D eigenvalue weighted by Gasteiger charge is 2.19. The third-order valence-corrected chi connectivity index (χ3v) is 4.05. The van der Waals surface area contributed by atoms with Crippen LogP contribution in [0.1, 0.15) is 36.8 Å². The summed E-state index contributed by atoms with van der Waals surface area (Å²) in [6, 6.07) is 6.64. The van der Waals surface area contributed by atoms with Crippen LogP contribution in [0.4, 0.5) is 0 Å². The second-order valence-corrected chi connectivity index (χ2v) is 5.89. The summed E-state index contributed by atoms with van der Waals surface area (Å²) in [6.45, 7) is 7.13. The van der Waals surface area contributed by atoms with E-state index in [1.165, 1.54) is 30.4 Å². The van der Waals surface area contributed by atoms with E-state index in [0.717, 1.165) is 25.3 Å². The van der Waals surface area contributed by atoms with Crippen LogP contribution in [-0.2, 0) is 0 Å².